The zero-order chi connectivity index (χ0) is 12.7. The topological polar surface area (TPSA) is 41.3 Å². The lowest BCUT2D eigenvalue weighted by molar-refractivity contribution is 0.138. The molecule has 2 rings (SSSR count). The summed E-state index contributed by atoms with van der Waals surface area (Å²) in [7, 11) is 0. The number of hydrogen-bond acceptors (Lipinski definition) is 3. The molecule has 3 N–H and O–H groups in total. The number of piperidine rings is 2. The zero-order valence-electron chi connectivity index (χ0n) is 12.0. The van der Waals surface area contributed by atoms with Crippen LogP contribution in [0.25, 0.3) is 0 Å². The molecular weight excluding hydrogens is 210 g/mol. The van der Waals surface area contributed by atoms with Crippen LogP contribution in [-0.4, -0.2) is 43.7 Å². The molecule has 1 unspecified atom stereocenters. The lowest BCUT2D eigenvalue weighted by Crippen LogP contribution is -2.39. The summed E-state index contributed by atoms with van der Waals surface area (Å²) in [6.45, 7) is 13.0. The minimum Gasteiger partial charge on any atom is -0.327 e. The van der Waals surface area contributed by atoms with Gasteiger partial charge >= 0.3 is 0 Å². The SMILES string of the molecule is CCN1CCC(C)(C)CC1.NC1CCCNC1. The summed E-state index contributed by atoms with van der Waals surface area (Å²) < 4.78 is 0. The minimum atomic E-state index is 0.425. The van der Waals surface area contributed by atoms with Gasteiger partial charge in [-0.25, -0.2) is 0 Å². The molecule has 0 amide bonds. The third-order valence-corrected chi connectivity index (χ3v) is 3.99. The Bertz CT molecular complexity index is 188. The van der Waals surface area contributed by atoms with Gasteiger partial charge in [0.1, 0.15) is 0 Å². The van der Waals surface area contributed by atoms with Crippen LogP contribution in [-0.2, 0) is 0 Å². The molecule has 0 bridgehead atoms. The lowest BCUT2D eigenvalue weighted by Gasteiger charge is -2.36. The highest BCUT2D eigenvalue weighted by Crippen LogP contribution is 2.29. The second-order valence-electron chi connectivity index (χ2n) is 6.20. The normalized spacial score (nSPS) is 29.3. The quantitative estimate of drug-likeness (QED) is 0.736. The van der Waals surface area contributed by atoms with Crippen LogP contribution in [0.2, 0.25) is 0 Å². The molecule has 0 spiro atoms. The van der Waals surface area contributed by atoms with E-state index in [1.807, 2.05) is 0 Å². The summed E-state index contributed by atoms with van der Waals surface area (Å²) in [4.78, 5) is 2.53. The molecule has 2 saturated heterocycles. The van der Waals surface area contributed by atoms with E-state index in [1.165, 1.54) is 45.3 Å². The Hall–Kier alpha value is -0.120. The van der Waals surface area contributed by atoms with Crippen molar-refractivity contribution < 1.29 is 0 Å². The molecule has 0 aliphatic carbocycles. The van der Waals surface area contributed by atoms with Crippen molar-refractivity contribution in [3.8, 4) is 0 Å². The Labute approximate surface area is 107 Å². The maximum atomic E-state index is 5.57. The fourth-order valence-electron chi connectivity index (χ4n) is 2.35. The van der Waals surface area contributed by atoms with Crippen molar-refractivity contribution in [2.24, 2.45) is 11.1 Å². The molecule has 2 aliphatic heterocycles. The van der Waals surface area contributed by atoms with Crippen LogP contribution in [0.4, 0.5) is 0 Å². The second kappa shape index (κ2) is 7.34. The van der Waals surface area contributed by atoms with Gasteiger partial charge in [0, 0.05) is 12.6 Å². The molecule has 2 heterocycles. The molecule has 17 heavy (non-hydrogen) atoms. The number of nitrogens with zero attached hydrogens (tertiary/aromatic N) is 1. The highest BCUT2D eigenvalue weighted by molar-refractivity contribution is 4.77. The van der Waals surface area contributed by atoms with E-state index in [0.717, 1.165) is 13.1 Å². The predicted octanol–water partition coefficient (Wildman–Crippen LogP) is 1.83. The maximum Gasteiger partial charge on any atom is 0.0165 e. The van der Waals surface area contributed by atoms with Crippen LogP contribution in [0.1, 0.15) is 46.5 Å². The van der Waals surface area contributed by atoms with E-state index in [9.17, 15) is 0 Å². The van der Waals surface area contributed by atoms with E-state index in [-0.39, 0.29) is 0 Å². The van der Waals surface area contributed by atoms with Gasteiger partial charge in [0.25, 0.3) is 0 Å². The third-order valence-electron chi connectivity index (χ3n) is 3.99. The largest absolute Gasteiger partial charge is 0.327 e. The highest BCUT2D eigenvalue weighted by atomic mass is 15.1. The number of hydrogen-bond donors (Lipinski definition) is 2. The second-order valence-corrected chi connectivity index (χ2v) is 6.20. The zero-order valence-corrected chi connectivity index (χ0v) is 12.0. The molecule has 0 aromatic rings. The van der Waals surface area contributed by atoms with Crippen LogP contribution in [0, 0.1) is 5.41 Å². The van der Waals surface area contributed by atoms with Crippen LogP contribution in [0.3, 0.4) is 0 Å². The smallest absolute Gasteiger partial charge is 0.0165 e. The highest BCUT2D eigenvalue weighted by Gasteiger charge is 2.23. The van der Waals surface area contributed by atoms with Crippen LogP contribution in [0.5, 0.6) is 0 Å². The van der Waals surface area contributed by atoms with E-state index in [4.69, 9.17) is 5.73 Å². The molecular formula is C14H31N3. The van der Waals surface area contributed by atoms with Crippen molar-refractivity contribution in [3.05, 3.63) is 0 Å². The summed E-state index contributed by atoms with van der Waals surface area (Å²) in [5.41, 5.74) is 6.19. The van der Waals surface area contributed by atoms with Crippen LogP contribution < -0.4 is 11.1 Å². The fraction of sp³-hybridized carbons (Fsp3) is 1.00. The van der Waals surface area contributed by atoms with Gasteiger partial charge in [0.05, 0.1) is 0 Å². The molecule has 3 heteroatoms. The molecule has 0 radical (unpaired) electrons. The van der Waals surface area contributed by atoms with Crippen molar-refractivity contribution in [1.29, 1.82) is 0 Å². The summed E-state index contributed by atoms with van der Waals surface area (Å²) in [6.07, 6.45) is 5.20. The van der Waals surface area contributed by atoms with E-state index < -0.39 is 0 Å². The molecule has 1 atom stereocenters. The minimum absolute atomic E-state index is 0.425. The number of nitrogens with two attached hydrogens (primary N) is 1. The summed E-state index contributed by atoms with van der Waals surface area (Å²) >= 11 is 0. The van der Waals surface area contributed by atoms with Gasteiger partial charge in [-0.1, -0.05) is 20.8 Å². The summed E-state index contributed by atoms with van der Waals surface area (Å²) in [5, 5.41) is 3.21. The van der Waals surface area contributed by atoms with E-state index >= 15 is 0 Å². The van der Waals surface area contributed by atoms with Gasteiger partial charge in [-0.05, 0) is 57.3 Å². The Morgan fingerprint density at radius 3 is 2.29 bits per heavy atom. The van der Waals surface area contributed by atoms with Gasteiger partial charge in [-0.2, -0.15) is 0 Å². The first kappa shape index (κ1) is 14.9. The van der Waals surface area contributed by atoms with Crippen molar-refractivity contribution >= 4 is 0 Å². The average Bonchev–Trinajstić information content (AvgIpc) is 2.31. The van der Waals surface area contributed by atoms with Gasteiger partial charge in [-0.3, -0.25) is 0 Å². The molecule has 2 fully saturated rings. The van der Waals surface area contributed by atoms with Gasteiger partial charge in [-0.15, -0.1) is 0 Å². The van der Waals surface area contributed by atoms with Crippen molar-refractivity contribution in [2.45, 2.75) is 52.5 Å². The first-order chi connectivity index (χ1) is 8.03. The van der Waals surface area contributed by atoms with Crippen molar-refractivity contribution in [2.75, 3.05) is 32.7 Å². The number of likely N-dealkylation sites (tertiary alicyclic amines) is 1. The Morgan fingerprint density at radius 2 is 1.94 bits per heavy atom. The number of nitrogens with one attached hydrogen (secondary N) is 1. The molecule has 3 nitrogen and oxygen atoms in total. The van der Waals surface area contributed by atoms with E-state index in [2.05, 4.69) is 31.0 Å². The fourth-order valence-corrected chi connectivity index (χ4v) is 2.35. The summed E-state index contributed by atoms with van der Waals surface area (Å²) in [6, 6.07) is 0.425. The maximum absolute atomic E-state index is 5.57. The first-order valence-corrected chi connectivity index (χ1v) is 7.22. The predicted molar refractivity (Wildman–Crippen MR) is 75.2 cm³/mol. The molecule has 0 aromatic heterocycles. The monoisotopic (exact) mass is 241 g/mol. The Kier molecular flexibility index (Phi) is 6.45. The number of rotatable bonds is 1. The summed E-state index contributed by atoms with van der Waals surface area (Å²) in [5.74, 6) is 0. The van der Waals surface area contributed by atoms with Crippen LogP contribution in [0.15, 0.2) is 0 Å². The Morgan fingerprint density at radius 1 is 1.29 bits per heavy atom. The molecule has 102 valence electrons. The third kappa shape index (κ3) is 6.39. The lowest BCUT2D eigenvalue weighted by atomic mass is 9.83. The molecule has 0 aromatic carbocycles. The van der Waals surface area contributed by atoms with Crippen molar-refractivity contribution in [1.82, 2.24) is 10.2 Å². The van der Waals surface area contributed by atoms with Gasteiger partial charge < -0.3 is 16.0 Å². The van der Waals surface area contributed by atoms with Gasteiger partial charge in [0.15, 0.2) is 0 Å². The van der Waals surface area contributed by atoms with Gasteiger partial charge in [0.2, 0.25) is 0 Å². The average molecular weight is 241 g/mol. The van der Waals surface area contributed by atoms with Crippen LogP contribution >= 0.6 is 0 Å². The van der Waals surface area contributed by atoms with Crippen molar-refractivity contribution in [3.63, 3.8) is 0 Å². The Balaban J connectivity index is 0.000000181. The first-order valence-electron chi connectivity index (χ1n) is 7.22. The molecule has 0 saturated carbocycles. The van der Waals surface area contributed by atoms with E-state index in [0.29, 0.717) is 11.5 Å². The molecule has 2 aliphatic rings. The standard InChI is InChI=1S/C9H19N.C5H12N2/c1-4-10-7-5-9(2,3)6-8-10;6-5-2-1-3-7-4-5/h4-8H2,1-3H3;5,7H,1-4,6H2. The van der Waals surface area contributed by atoms with E-state index in [1.54, 1.807) is 0 Å².